The van der Waals surface area contributed by atoms with E-state index in [0.717, 1.165) is 11.3 Å². The number of carbonyl (C=O) groups is 1. The van der Waals surface area contributed by atoms with E-state index in [-0.39, 0.29) is 36.4 Å². The number of phenols is 1. The lowest BCUT2D eigenvalue weighted by Crippen LogP contribution is -2.67. The van der Waals surface area contributed by atoms with Gasteiger partial charge < -0.3 is 49.9 Å². The van der Waals surface area contributed by atoms with Crippen LogP contribution in [0.3, 0.4) is 0 Å². The van der Waals surface area contributed by atoms with Crippen LogP contribution in [0.25, 0.3) is 6.08 Å². The Hall–Kier alpha value is -3.23. The number of phenolic OH excluding ortho intramolecular Hbond substituents is 1. The zero-order valence-electron chi connectivity index (χ0n) is 24.2. The molecule has 1 saturated heterocycles. The summed E-state index contributed by atoms with van der Waals surface area (Å²) in [5.74, 6) is -0.660. The summed E-state index contributed by atoms with van der Waals surface area (Å²) in [7, 11) is 0. The van der Waals surface area contributed by atoms with Crippen molar-refractivity contribution < 1.29 is 49.4 Å². The van der Waals surface area contributed by atoms with Gasteiger partial charge in [0.05, 0.1) is 17.9 Å². The summed E-state index contributed by atoms with van der Waals surface area (Å²) >= 11 is 6.00. The third-order valence-corrected chi connectivity index (χ3v) is 8.53. The third-order valence-electron chi connectivity index (χ3n) is 8.30. The smallest absolute Gasteiger partial charge is 0.247 e. The summed E-state index contributed by atoms with van der Waals surface area (Å²) in [5.41, 5.74) is 2.33. The Morgan fingerprint density at radius 3 is 2.52 bits per heavy atom. The Balaban J connectivity index is 1.16. The molecule has 2 aliphatic carbocycles. The van der Waals surface area contributed by atoms with Crippen molar-refractivity contribution in [2.45, 2.75) is 82.1 Å². The first kappa shape index (κ1) is 32.2. The first-order valence-corrected chi connectivity index (χ1v) is 14.7. The summed E-state index contributed by atoms with van der Waals surface area (Å²) < 4.78 is 16.5. The molecule has 1 amide bonds. The van der Waals surface area contributed by atoms with Gasteiger partial charge in [0, 0.05) is 16.5 Å². The van der Waals surface area contributed by atoms with E-state index in [1.54, 1.807) is 24.3 Å². The zero-order valence-corrected chi connectivity index (χ0v) is 25.0. The van der Waals surface area contributed by atoms with Crippen LogP contribution in [0.1, 0.15) is 37.8 Å². The summed E-state index contributed by atoms with van der Waals surface area (Å²) in [5, 5.41) is 60.0. The lowest BCUT2D eigenvalue weighted by atomic mass is 9.83. The highest BCUT2D eigenvalue weighted by atomic mass is 35.5. The largest absolute Gasteiger partial charge is 0.504 e. The van der Waals surface area contributed by atoms with Gasteiger partial charge in [-0.2, -0.15) is 0 Å². The first-order valence-electron chi connectivity index (χ1n) is 14.4. The highest BCUT2D eigenvalue weighted by Crippen LogP contribution is 2.35. The molecule has 2 aromatic rings. The molecule has 3 aliphatic rings. The number of rotatable bonds is 9. The maximum atomic E-state index is 12.9. The van der Waals surface area contributed by atoms with E-state index < -0.39 is 54.7 Å². The molecule has 44 heavy (non-hydrogen) atoms. The monoisotopic (exact) mass is 632 g/mol. The van der Waals surface area contributed by atoms with Crippen LogP contribution in [0.15, 0.2) is 53.2 Å². The second kappa shape index (κ2) is 13.8. The number of benzene rings is 2. The van der Waals surface area contributed by atoms with E-state index in [1.165, 1.54) is 19.1 Å². The third kappa shape index (κ3) is 7.18. The summed E-state index contributed by atoms with van der Waals surface area (Å²) in [4.78, 5) is 18.3. The normalized spacial score (nSPS) is 32.3. The number of aliphatic hydroxyl groups is 4. The maximum absolute atomic E-state index is 12.9. The number of fused-ring (bicyclic) bond motifs is 1. The molecule has 13 heteroatoms. The van der Waals surface area contributed by atoms with Gasteiger partial charge in [0.2, 0.25) is 5.91 Å². The lowest BCUT2D eigenvalue weighted by molar-refractivity contribution is -0.155. The molecule has 3 fully saturated rings. The maximum Gasteiger partial charge on any atom is 0.247 e. The van der Waals surface area contributed by atoms with Gasteiger partial charge in [-0.15, -0.1) is 0 Å². The molecule has 9 atom stereocenters. The summed E-state index contributed by atoms with van der Waals surface area (Å²) in [6.45, 7) is 3.50. The number of hydrogen-bond donors (Lipinski definition) is 6. The molecule has 0 spiro atoms. The second-order valence-corrected chi connectivity index (χ2v) is 11.9. The number of aromatic hydroxyl groups is 1. The van der Waals surface area contributed by atoms with Crippen molar-refractivity contribution in [1.82, 2.24) is 5.32 Å². The first-order chi connectivity index (χ1) is 21.0. The van der Waals surface area contributed by atoms with E-state index in [9.17, 15) is 30.3 Å². The molecule has 5 rings (SSSR count). The zero-order chi connectivity index (χ0) is 31.5. The molecule has 12 nitrogen and oxygen atoms in total. The molecule has 1 heterocycles. The average molecular weight is 633 g/mol. The summed E-state index contributed by atoms with van der Waals surface area (Å²) in [6.07, 6.45) is -4.80. The van der Waals surface area contributed by atoms with Crippen molar-refractivity contribution in [2.75, 3.05) is 6.79 Å². The van der Waals surface area contributed by atoms with Crippen LogP contribution < -0.4 is 10.1 Å². The van der Waals surface area contributed by atoms with Gasteiger partial charge in [0.1, 0.15) is 50.0 Å². The van der Waals surface area contributed by atoms with E-state index >= 15 is 0 Å². The van der Waals surface area contributed by atoms with Crippen molar-refractivity contribution in [2.24, 2.45) is 11.1 Å². The van der Waals surface area contributed by atoms with E-state index in [1.807, 2.05) is 19.1 Å². The van der Waals surface area contributed by atoms with E-state index in [0.29, 0.717) is 23.4 Å². The van der Waals surface area contributed by atoms with Gasteiger partial charge in [-0.1, -0.05) is 35.0 Å². The molecular weight excluding hydrogens is 596 g/mol. The highest BCUT2D eigenvalue weighted by Gasteiger charge is 2.53. The summed E-state index contributed by atoms with van der Waals surface area (Å²) in [6, 6.07) is 10.7. The van der Waals surface area contributed by atoms with Crippen LogP contribution in [-0.2, 0) is 25.7 Å². The number of oxime groups is 1. The van der Waals surface area contributed by atoms with Crippen LogP contribution in [0.5, 0.6) is 11.5 Å². The Labute approximate surface area is 259 Å². The van der Waals surface area contributed by atoms with Crippen LogP contribution >= 0.6 is 11.6 Å². The molecule has 6 N–H and O–H groups in total. The minimum atomic E-state index is -1.47. The number of halogens is 1. The molecule has 0 bridgehead atoms. The fraction of sp³-hybridized carbons (Fsp3) is 0.484. The van der Waals surface area contributed by atoms with Crippen molar-refractivity contribution in [3.05, 3.63) is 64.2 Å². The van der Waals surface area contributed by atoms with Gasteiger partial charge in [-0.25, -0.2) is 0 Å². The Morgan fingerprint density at radius 1 is 1.05 bits per heavy atom. The molecule has 0 unspecified atom stereocenters. The van der Waals surface area contributed by atoms with E-state index in [2.05, 4.69) is 10.5 Å². The molecule has 0 radical (unpaired) electrons. The SMILES string of the molecule is CC(=Cc1ccc(O[C@@H]2C[C@H](C(C)=NOCc3cccc(Cl)c3)C[C@@H]2O)c(O)c1)C(=O)N[C@@H]1[C@H](O)[C@@H](O)[C@H]2OCO[C@H]2[C@@H]1O. The van der Waals surface area contributed by atoms with Gasteiger partial charge in [-0.3, -0.25) is 4.79 Å². The number of nitrogens with zero attached hydrogens (tertiary/aromatic N) is 1. The average Bonchev–Trinajstić information content (AvgIpc) is 3.63. The fourth-order valence-corrected chi connectivity index (χ4v) is 5.99. The Morgan fingerprint density at radius 2 is 1.80 bits per heavy atom. The van der Waals surface area contributed by atoms with Crippen LogP contribution in [0.2, 0.25) is 5.02 Å². The second-order valence-electron chi connectivity index (χ2n) is 11.4. The molecule has 1 aliphatic heterocycles. The molecule has 0 aromatic heterocycles. The predicted octanol–water partition coefficient (Wildman–Crippen LogP) is 1.88. The van der Waals surface area contributed by atoms with Crippen molar-refractivity contribution in [3.63, 3.8) is 0 Å². The van der Waals surface area contributed by atoms with Crippen LogP contribution in [-0.4, -0.2) is 92.7 Å². The minimum absolute atomic E-state index is 0.0687. The van der Waals surface area contributed by atoms with E-state index in [4.69, 9.17) is 30.6 Å². The molecule has 2 saturated carbocycles. The highest BCUT2D eigenvalue weighted by molar-refractivity contribution is 6.30. The number of aliphatic hydroxyl groups excluding tert-OH is 4. The predicted molar refractivity (Wildman–Crippen MR) is 159 cm³/mol. The van der Waals surface area contributed by atoms with Crippen LogP contribution in [0, 0.1) is 5.92 Å². The van der Waals surface area contributed by atoms with Gasteiger partial charge in [-0.05, 0) is 68.2 Å². The van der Waals surface area contributed by atoms with Crippen molar-refractivity contribution in [1.29, 1.82) is 0 Å². The lowest BCUT2D eigenvalue weighted by Gasteiger charge is -2.41. The number of carbonyl (C=O) groups excluding carboxylic acids is 1. The number of nitrogens with one attached hydrogen (secondary N) is 1. The van der Waals surface area contributed by atoms with Gasteiger partial charge >= 0.3 is 0 Å². The standard InChI is InChI=1S/C31H37ClN2O10/c1-15(31(40)33-25-26(37)28(39)30-29(27(25)38)41-14-42-30)8-17-6-7-23(21(35)10-17)44-24-12-19(11-22(24)36)16(2)34-43-13-18-4-3-5-20(32)9-18/h3-10,19,22,24-30,35-39H,11-14H2,1-2H3,(H,33,40)/t19-,22+,24-,25-,26+,27-,28-,29+,30-/m1/s1. The Bertz CT molecular complexity index is 1400. The molecule has 2 aromatic carbocycles. The van der Waals surface area contributed by atoms with Gasteiger partial charge in [0.25, 0.3) is 0 Å². The topological polar surface area (TPSA) is 180 Å². The minimum Gasteiger partial charge on any atom is -0.504 e. The van der Waals surface area contributed by atoms with Gasteiger partial charge in [0.15, 0.2) is 11.5 Å². The fourth-order valence-electron chi connectivity index (χ4n) is 5.78. The number of amides is 1. The molecule has 238 valence electrons. The number of ether oxygens (including phenoxy) is 3. The van der Waals surface area contributed by atoms with Crippen molar-refractivity contribution in [3.8, 4) is 11.5 Å². The Kier molecular flexibility index (Phi) is 10.1. The van der Waals surface area contributed by atoms with Crippen molar-refractivity contribution >= 4 is 29.3 Å². The molecular formula is C31H37ClN2O10. The van der Waals surface area contributed by atoms with Crippen LogP contribution in [0.4, 0.5) is 0 Å². The quantitative estimate of drug-likeness (QED) is 0.136. The number of hydrogen-bond acceptors (Lipinski definition) is 11.